The van der Waals surface area contributed by atoms with E-state index in [-0.39, 0.29) is 11.9 Å². The zero-order chi connectivity index (χ0) is 15.1. The largest absolute Gasteiger partial charge is 0.497 e. The van der Waals surface area contributed by atoms with Crippen LogP contribution in [0.15, 0.2) is 54.6 Å². The van der Waals surface area contributed by atoms with Gasteiger partial charge in [-0.05, 0) is 29.8 Å². The average molecular weight is 283 g/mol. The number of ether oxygens (including phenoxy) is 1. The van der Waals surface area contributed by atoms with Gasteiger partial charge in [-0.2, -0.15) is 0 Å². The summed E-state index contributed by atoms with van der Waals surface area (Å²) in [5.74, 6) is 0.326. The minimum Gasteiger partial charge on any atom is -0.497 e. The van der Waals surface area contributed by atoms with Crippen LogP contribution in [0.3, 0.4) is 0 Å². The minimum atomic E-state index is -0.330. The molecule has 0 aliphatic carbocycles. The molecule has 21 heavy (non-hydrogen) atoms. The van der Waals surface area contributed by atoms with Gasteiger partial charge in [-0.15, -0.1) is 0 Å². The molecule has 0 fully saturated rings. The molecule has 0 unspecified atom stereocenters. The third kappa shape index (κ3) is 4.35. The molecule has 0 aliphatic heterocycles. The standard InChI is InChI=1S/C16H17N3O2/c1-21-14-9-7-13(8-10-14)15(20)19-16(17)18-11-12-5-3-2-4-6-12/h2-10H,11H2,1H3,(H3,17,18,19,20). The SMILES string of the molecule is COc1ccc(C(=O)NC(=N)NCc2ccccc2)cc1. The maximum absolute atomic E-state index is 11.9. The van der Waals surface area contributed by atoms with E-state index in [4.69, 9.17) is 10.1 Å². The summed E-state index contributed by atoms with van der Waals surface area (Å²) in [6, 6.07) is 16.4. The monoisotopic (exact) mass is 283 g/mol. The fraction of sp³-hybridized carbons (Fsp3) is 0.125. The maximum Gasteiger partial charge on any atom is 0.257 e. The molecule has 2 aromatic rings. The number of guanidine groups is 1. The summed E-state index contributed by atoms with van der Waals surface area (Å²) < 4.78 is 5.03. The van der Waals surface area contributed by atoms with Crippen LogP contribution in [-0.4, -0.2) is 19.0 Å². The van der Waals surface area contributed by atoms with Crippen molar-refractivity contribution in [1.82, 2.24) is 10.6 Å². The fourth-order valence-electron chi connectivity index (χ4n) is 1.76. The number of hydrogen-bond donors (Lipinski definition) is 3. The molecule has 0 spiro atoms. The number of rotatable bonds is 4. The number of benzene rings is 2. The molecule has 0 atom stereocenters. The van der Waals surface area contributed by atoms with Gasteiger partial charge < -0.3 is 10.1 Å². The lowest BCUT2D eigenvalue weighted by Gasteiger charge is -2.09. The first-order valence-corrected chi connectivity index (χ1v) is 6.51. The Kier molecular flexibility index (Phi) is 4.93. The molecule has 0 heterocycles. The summed E-state index contributed by atoms with van der Waals surface area (Å²) in [6.45, 7) is 0.489. The van der Waals surface area contributed by atoms with E-state index in [9.17, 15) is 4.79 Å². The molecule has 0 aliphatic rings. The Morgan fingerprint density at radius 2 is 1.76 bits per heavy atom. The zero-order valence-corrected chi connectivity index (χ0v) is 11.7. The maximum atomic E-state index is 11.9. The van der Waals surface area contributed by atoms with Crippen molar-refractivity contribution in [1.29, 1.82) is 5.41 Å². The molecule has 3 N–H and O–H groups in total. The second-order valence-electron chi connectivity index (χ2n) is 4.40. The van der Waals surface area contributed by atoms with E-state index in [1.165, 1.54) is 0 Å². The van der Waals surface area contributed by atoms with Gasteiger partial charge in [-0.3, -0.25) is 15.5 Å². The van der Waals surface area contributed by atoms with Crippen molar-refractivity contribution in [2.75, 3.05) is 7.11 Å². The predicted molar refractivity (Wildman–Crippen MR) is 81.5 cm³/mol. The summed E-state index contributed by atoms with van der Waals surface area (Å²) in [6.07, 6.45) is 0. The fourth-order valence-corrected chi connectivity index (χ4v) is 1.76. The highest BCUT2D eigenvalue weighted by Crippen LogP contribution is 2.10. The van der Waals surface area contributed by atoms with Crippen molar-refractivity contribution in [3.05, 3.63) is 65.7 Å². The minimum absolute atomic E-state index is 0.0281. The second kappa shape index (κ2) is 7.09. The Hall–Kier alpha value is -2.82. The van der Waals surface area contributed by atoms with Crippen molar-refractivity contribution in [3.63, 3.8) is 0 Å². The molecule has 1 amide bonds. The smallest absolute Gasteiger partial charge is 0.257 e. The molecule has 0 bridgehead atoms. The molecular formula is C16H17N3O2. The number of carbonyl (C=O) groups excluding carboxylic acids is 1. The Bertz CT molecular complexity index is 609. The van der Waals surface area contributed by atoms with Crippen LogP contribution in [0.5, 0.6) is 5.75 Å². The summed E-state index contributed by atoms with van der Waals surface area (Å²) in [4.78, 5) is 11.9. The molecule has 2 aromatic carbocycles. The summed E-state index contributed by atoms with van der Waals surface area (Å²) in [5, 5.41) is 13.1. The molecule has 0 saturated heterocycles. The van der Waals surface area contributed by atoms with Gasteiger partial charge in [0.2, 0.25) is 0 Å². The van der Waals surface area contributed by atoms with Crippen molar-refractivity contribution in [2.24, 2.45) is 0 Å². The summed E-state index contributed by atoms with van der Waals surface area (Å²) in [5.41, 5.74) is 1.52. The molecule has 5 heteroatoms. The molecule has 0 radical (unpaired) electrons. The lowest BCUT2D eigenvalue weighted by atomic mass is 10.2. The van der Waals surface area contributed by atoms with Crippen molar-refractivity contribution >= 4 is 11.9 Å². The van der Waals surface area contributed by atoms with Gasteiger partial charge in [0.05, 0.1) is 7.11 Å². The van der Waals surface area contributed by atoms with E-state index < -0.39 is 0 Å². The highest BCUT2D eigenvalue weighted by Gasteiger charge is 2.07. The molecular weight excluding hydrogens is 266 g/mol. The van der Waals surface area contributed by atoms with Crippen LogP contribution in [-0.2, 0) is 6.54 Å². The van der Waals surface area contributed by atoms with Crippen LogP contribution in [0.2, 0.25) is 0 Å². The van der Waals surface area contributed by atoms with E-state index in [1.807, 2.05) is 30.3 Å². The van der Waals surface area contributed by atoms with E-state index in [2.05, 4.69) is 10.6 Å². The predicted octanol–water partition coefficient (Wildman–Crippen LogP) is 2.15. The van der Waals surface area contributed by atoms with Crippen molar-refractivity contribution in [3.8, 4) is 5.75 Å². The molecule has 2 rings (SSSR count). The Morgan fingerprint density at radius 1 is 1.10 bits per heavy atom. The van der Waals surface area contributed by atoms with Crippen LogP contribution in [0, 0.1) is 5.41 Å². The van der Waals surface area contributed by atoms with Crippen LogP contribution in [0.25, 0.3) is 0 Å². The van der Waals surface area contributed by atoms with Gasteiger partial charge >= 0.3 is 0 Å². The first-order chi connectivity index (χ1) is 10.2. The number of hydrogen-bond acceptors (Lipinski definition) is 3. The number of carbonyl (C=O) groups is 1. The number of methoxy groups -OCH3 is 1. The van der Waals surface area contributed by atoms with Gasteiger partial charge in [0.15, 0.2) is 5.96 Å². The quantitative estimate of drug-likeness (QED) is 0.594. The lowest BCUT2D eigenvalue weighted by molar-refractivity contribution is 0.0975. The molecule has 0 saturated carbocycles. The Balaban J connectivity index is 1.85. The van der Waals surface area contributed by atoms with Crippen LogP contribution in [0.4, 0.5) is 0 Å². The highest BCUT2D eigenvalue weighted by molar-refractivity contribution is 6.04. The van der Waals surface area contributed by atoms with E-state index in [1.54, 1.807) is 31.4 Å². The summed E-state index contributed by atoms with van der Waals surface area (Å²) >= 11 is 0. The van der Waals surface area contributed by atoms with Gasteiger partial charge in [0, 0.05) is 12.1 Å². The Morgan fingerprint density at radius 3 is 2.38 bits per heavy atom. The second-order valence-corrected chi connectivity index (χ2v) is 4.40. The van der Waals surface area contributed by atoms with Crippen LogP contribution in [0.1, 0.15) is 15.9 Å². The first-order valence-electron chi connectivity index (χ1n) is 6.51. The number of amides is 1. The Labute approximate surface area is 123 Å². The molecule has 5 nitrogen and oxygen atoms in total. The van der Waals surface area contributed by atoms with Crippen LogP contribution >= 0.6 is 0 Å². The third-order valence-electron chi connectivity index (χ3n) is 2.90. The highest BCUT2D eigenvalue weighted by atomic mass is 16.5. The molecule has 108 valence electrons. The van der Waals surface area contributed by atoms with Gasteiger partial charge in [0.1, 0.15) is 5.75 Å². The van der Waals surface area contributed by atoms with Gasteiger partial charge in [0.25, 0.3) is 5.91 Å². The van der Waals surface area contributed by atoms with E-state index in [0.29, 0.717) is 17.9 Å². The van der Waals surface area contributed by atoms with Gasteiger partial charge in [-0.1, -0.05) is 30.3 Å². The zero-order valence-electron chi connectivity index (χ0n) is 11.7. The number of nitrogens with one attached hydrogen (secondary N) is 3. The van der Waals surface area contributed by atoms with E-state index >= 15 is 0 Å². The topological polar surface area (TPSA) is 74.2 Å². The van der Waals surface area contributed by atoms with Crippen molar-refractivity contribution < 1.29 is 9.53 Å². The van der Waals surface area contributed by atoms with Crippen LogP contribution < -0.4 is 15.4 Å². The normalized spacial score (nSPS) is 9.76. The van der Waals surface area contributed by atoms with Crippen molar-refractivity contribution in [2.45, 2.75) is 6.54 Å². The van der Waals surface area contributed by atoms with E-state index in [0.717, 1.165) is 5.56 Å². The van der Waals surface area contributed by atoms with Gasteiger partial charge in [-0.25, -0.2) is 0 Å². The molecule has 0 aromatic heterocycles. The average Bonchev–Trinajstić information content (AvgIpc) is 2.54. The summed E-state index contributed by atoms with van der Waals surface area (Å²) in [7, 11) is 1.57. The first kappa shape index (κ1) is 14.6. The lowest BCUT2D eigenvalue weighted by Crippen LogP contribution is -2.39. The third-order valence-corrected chi connectivity index (χ3v) is 2.90.